The smallest absolute Gasteiger partial charge is 0.184 e. The van der Waals surface area contributed by atoms with Crippen LogP contribution in [0.1, 0.15) is 32.1 Å². The zero-order chi connectivity index (χ0) is 18.8. The SMILES string of the molecule is c1coc(-c2cc(Oc3ccc4nc(NC5CCCCC5)sc4c3)ccn2)c1. The molecule has 1 saturated carbocycles. The highest BCUT2D eigenvalue weighted by molar-refractivity contribution is 7.22. The van der Waals surface area contributed by atoms with Crippen LogP contribution in [0, 0.1) is 0 Å². The van der Waals surface area contributed by atoms with Crippen molar-refractivity contribution in [2.45, 2.75) is 38.1 Å². The maximum absolute atomic E-state index is 6.06. The number of fused-ring (bicyclic) bond motifs is 1. The first kappa shape index (κ1) is 17.3. The van der Waals surface area contributed by atoms with Gasteiger partial charge >= 0.3 is 0 Å². The third kappa shape index (κ3) is 3.73. The minimum atomic E-state index is 0.557. The van der Waals surface area contributed by atoms with Gasteiger partial charge in [-0.3, -0.25) is 4.98 Å². The van der Waals surface area contributed by atoms with Crippen molar-refractivity contribution in [1.29, 1.82) is 0 Å². The van der Waals surface area contributed by atoms with E-state index in [1.165, 1.54) is 32.1 Å². The molecule has 0 aliphatic heterocycles. The number of nitrogens with zero attached hydrogens (tertiary/aromatic N) is 2. The van der Waals surface area contributed by atoms with Crippen molar-refractivity contribution in [3.05, 3.63) is 54.9 Å². The average Bonchev–Trinajstić information content (AvgIpc) is 3.38. The van der Waals surface area contributed by atoms with Crippen molar-refractivity contribution < 1.29 is 9.15 Å². The van der Waals surface area contributed by atoms with Gasteiger partial charge in [0.25, 0.3) is 0 Å². The van der Waals surface area contributed by atoms with Gasteiger partial charge in [-0.2, -0.15) is 0 Å². The molecule has 0 unspecified atom stereocenters. The van der Waals surface area contributed by atoms with Crippen molar-refractivity contribution >= 4 is 26.7 Å². The molecule has 5 rings (SSSR count). The Bertz CT molecular complexity index is 1070. The molecule has 3 aromatic heterocycles. The van der Waals surface area contributed by atoms with Crippen LogP contribution in [0.3, 0.4) is 0 Å². The topological polar surface area (TPSA) is 60.2 Å². The molecule has 0 saturated heterocycles. The van der Waals surface area contributed by atoms with Gasteiger partial charge in [0.1, 0.15) is 17.2 Å². The lowest BCUT2D eigenvalue weighted by Gasteiger charge is -2.22. The molecule has 1 aliphatic carbocycles. The van der Waals surface area contributed by atoms with E-state index in [0.717, 1.165) is 38.3 Å². The molecule has 28 heavy (non-hydrogen) atoms. The molecule has 0 atom stereocenters. The Morgan fingerprint density at radius 3 is 2.79 bits per heavy atom. The Balaban J connectivity index is 1.34. The quantitative estimate of drug-likeness (QED) is 0.421. The number of thiazole rings is 1. The molecule has 1 aromatic carbocycles. The summed E-state index contributed by atoms with van der Waals surface area (Å²) in [5.41, 5.74) is 1.75. The summed E-state index contributed by atoms with van der Waals surface area (Å²) in [4.78, 5) is 9.07. The Kier molecular flexibility index (Phi) is 4.71. The number of hydrogen-bond donors (Lipinski definition) is 1. The summed E-state index contributed by atoms with van der Waals surface area (Å²) in [6.07, 6.45) is 9.83. The normalized spacial score (nSPS) is 15.0. The lowest BCUT2D eigenvalue weighted by Crippen LogP contribution is -2.21. The van der Waals surface area contributed by atoms with Crippen LogP contribution in [-0.2, 0) is 0 Å². The van der Waals surface area contributed by atoms with Gasteiger partial charge in [0.05, 0.1) is 16.5 Å². The lowest BCUT2D eigenvalue weighted by molar-refractivity contribution is 0.462. The highest BCUT2D eigenvalue weighted by Gasteiger charge is 2.15. The molecule has 1 N–H and O–H groups in total. The first-order valence-electron chi connectivity index (χ1n) is 9.68. The van der Waals surface area contributed by atoms with Gasteiger partial charge in [0.15, 0.2) is 10.9 Å². The van der Waals surface area contributed by atoms with E-state index in [1.54, 1.807) is 23.8 Å². The summed E-state index contributed by atoms with van der Waals surface area (Å²) in [6.45, 7) is 0. The van der Waals surface area contributed by atoms with E-state index in [4.69, 9.17) is 14.1 Å². The van der Waals surface area contributed by atoms with Crippen LogP contribution in [0.2, 0.25) is 0 Å². The van der Waals surface area contributed by atoms with Crippen LogP contribution in [0.4, 0.5) is 5.13 Å². The van der Waals surface area contributed by atoms with E-state index in [-0.39, 0.29) is 0 Å². The highest BCUT2D eigenvalue weighted by atomic mass is 32.1. The van der Waals surface area contributed by atoms with Crippen molar-refractivity contribution in [3.8, 4) is 23.0 Å². The summed E-state index contributed by atoms with van der Waals surface area (Å²) < 4.78 is 12.6. The molecule has 3 heterocycles. The number of nitrogens with one attached hydrogen (secondary N) is 1. The number of aromatic nitrogens is 2. The lowest BCUT2D eigenvalue weighted by atomic mass is 9.96. The van der Waals surface area contributed by atoms with Crippen molar-refractivity contribution in [2.24, 2.45) is 0 Å². The van der Waals surface area contributed by atoms with Crippen LogP contribution >= 0.6 is 11.3 Å². The molecule has 6 heteroatoms. The summed E-state index contributed by atoms with van der Waals surface area (Å²) in [5.74, 6) is 2.24. The average molecular weight is 391 g/mol. The molecule has 4 aromatic rings. The maximum atomic E-state index is 6.06. The third-order valence-electron chi connectivity index (χ3n) is 5.03. The molecule has 0 amide bonds. The number of pyridine rings is 1. The number of anilines is 1. The first-order valence-corrected chi connectivity index (χ1v) is 10.5. The van der Waals surface area contributed by atoms with Gasteiger partial charge in [0, 0.05) is 24.4 Å². The fourth-order valence-corrected chi connectivity index (χ4v) is 4.59. The Labute approximate surface area is 167 Å². The van der Waals surface area contributed by atoms with Crippen LogP contribution in [0.25, 0.3) is 21.7 Å². The molecule has 1 fully saturated rings. The molecule has 0 radical (unpaired) electrons. The van der Waals surface area contributed by atoms with E-state index in [9.17, 15) is 0 Å². The number of furan rings is 1. The van der Waals surface area contributed by atoms with Crippen molar-refractivity contribution in [1.82, 2.24) is 9.97 Å². The van der Waals surface area contributed by atoms with Gasteiger partial charge in [-0.05, 0) is 43.2 Å². The number of benzene rings is 1. The van der Waals surface area contributed by atoms with E-state index in [0.29, 0.717) is 6.04 Å². The number of hydrogen-bond acceptors (Lipinski definition) is 6. The van der Waals surface area contributed by atoms with Crippen LogP contribution < -0.4 is 10.1 Å². The largest absolute Gasteiger partial charge is 0.463 e. The summed E-state index contributed by atoms with van der Waals surface area (Å²) >= 11 is 1.69. The third-order valence-corrected chi connectivity index (χ3v) is 5.98. The molecule has 0 spiro atoms. The van der Waals surface area contributed by atoms with Crippen molar-refractivity contribution in [2.75, 3.05) is 5.32 Å². The fraction of sp³-hybridized carbons (Fsp3) is 0.273. The molecule has 0 bridgehead atoms. The van der Waals surface area contributed by atoms with Crippen molar-refractivity contribution in [3.63, 3.8) is 0 Å². The second-order valence-corrected chi connectivity index (χ2v) is 8.11. The zero-order valence-electron chi connectivity index (χ0n) is 15.4. The fourth-order valence-electron chi connectivity index (χ4n) is 3.62. The minimum Gasteiger partial charge on any atom is -0.463 e. The van der Waals surface area contributed by atoms with Gasteiger partial charge < -0.3 is 14.5 Å². The highest BCUT2D eigenvalue weighted by Crippen LogP contribution is 2.33. The van der Waals surface area contributed by atoms with Crippen LogP contribution in [0.15, 0.2) is 59.3 Å². The standard InChI is InChI=1S/C22H21N3O2S/c1-2-5-15(6-3-1)24-22-25-18-9-8-16(14-21(18)28-22)27-17-10-11-23-19(13-17)20-7-4-12-26-20/h4,7-15H,1-3,5-6H2,(H,24,25). The van der Waals surface area contributed by atoms with Gasteiger partial charge in [-0.1, -0.05) is 30.6 Å². The first-order chi connectivity index (χ1) is 13.8. The predicted molar refractivity (Wildman–Crippen MR) is 112 cm³/mol. The Morgan fingerprint density at radius 1 is 1.04 bits per heavy atom. The Hall–Kier alpha value is -2.86. The number of ether oxygens (including phenoxy) is 1. The monoisotopic (exact) mass is 391 g/mol. The van der Waals surface area contributed by atoms with E-state index < -0.39 is 0 Å². The summed E-state index contributed by atoms with van der Waals surface area (Å²) in [6, 6.07) is 14.0. The van der Waals surface area contributed by atoms with E-state index in [2.05, 4.69) is 10.3 Å². The predicted octanol–water partition coefficient (Wildman–Crippen LogP) is 6.49. The summed E-state index contributed by atoms with van der Waals surface area (Å²) in [7, 11) is 0. The zero-order valence-corrected chi connectivity index (χ0v) is 16.2. The molecular formula is C22H21N3O2S. The van der Waals surface area contributed by atoms with Gasteiger partial charge in [0.2, 0.25) is 0 Å². The van der Waals surface area contributed by atoms with Crippen LogP contribution in [-0.4, -0.2) is 16.0 Å². The molecule has 1 aliphatic rings. The summed E-state index contributed by atoms with van der Waals surface area (Å²) in [5, 5.41) is 4.61. The molecule has 142 valence electrons. The molecular weight excluding hydrogens is 370 g/mol. The maximum Gasteiger partial charge on any atom is 0.184 e. The van der Waals surface area contributed by atoms with Gasteiger partial charge in [-0.15, -0.1) is 0 Å². The van der Waals surface area contributed by atoms with E-state index >= 15 is 0 Å². The van der Waals surface area contributed by atoms with Gasteiger partial charge in [-0.25, -0.2) is 4.98 Å². The van der Waals surface area contributed by atoms with Crippen LogP contribution in [0.5, 0.6) is 11.5 Å². The van der Waals surface area contributed by atoms with E-state index in [1.807, 2.05) is 42.5 Å². The second kappa shape index (κ2) is 7.64. The Morgan fingerprint density at radius 2 is 1.93 bits per heavy atom. The minimum absolute atomic E-state index is 0.557. The number of rotatable bonds is 5. The molecule has 5 nitrogen and oxygen atoms in total. The second-order valence-electron chi connectivity index (χ2n) is 7.08.